The molecule has 18 fully saturated rings. The third-order valence-corrected chi connectivity index (χ3v) is 35.9. The monoisotopic (exact) mass is 1520 g/mol. The Kier molecular flexibility index (Phi) is 20.7. The third kappa shape index (κ3) is 13.4. The Bertz CT molecular complexity index is 3110. The fourth-order valence-electron chi connectivity index (χ4n) is 25.3. The quantitative estimate of drug-likeness (QED) is 0.107. The van der Waals surface area contributed by atoms with Crippen molar-refractivity contribution >= 4 is 59.7 Å². The van der Waals surface area contributed by atoms with E-state index in [1.54, 1.807) is 0 Å². The van der Waals surface area contributed by atoms with Crippen LogP contribution in [0, 0.1) is 94.7 Å². The van der Waals surface area contributed by atoms with Crippen LogP contribution < -0.4 is 85.1 Å². The van der Waals surface area contributed by atoms with Crippen molar-refractivity contribution in [1.82, 2.24) is 85.1 Å². The van der Waals surface area contributed by atoms with Crippen molar-refractivity contribution in [3.8, 4) is 0 Å². The van der Waals surface area contributed by atoms with Gasteiger partial charge in [-0.3, -0.25) is 85.1 Å². The molecule has 16 bridgehead atoms. The minimum Gasteiger partial charge on any atom is -0.748 e. The zero-order valence-electron chi connectivity index (χ0n) is 55.4. The van der Waals surface area contributed by atoms with Crippen LogP contribution in [-0.4, -0.2) is 162 Å². The first kappa shape index (κ1) is 71.4. The number of fused-ring (bicyclic) bond motifs is 40. The van der Waals surface area contributed by atoms with Crippen molar-refractivity contribution in [3.05, 3.63) is 0 Å². The second kappa shape index (κ2) is 28.1. The molecular formula is C64H108Cl2N16NiO10S4. The topological polar surface area (TPSA) is 375 Å². The molecule has 10 heterocycles. The van der Waals surface area contributed by atoms with E-state index < -0.39 is 83.5 Å². The average Bonchev–Trinajstić information content (AvgIpc) is 1.64. The van der Waals surface area contributed by atoms with Crippen molar-refractivity contribution in [1.29, 1.82) is 0 Å². The molecule has 18 rings (SSSR count). The second-order valence-electron chi connectivity index (χ2n) is 33.6. The van der Waals surface area contributed by atoms with Crippen LogP contribution in [0.1, 0.15) is 180 Å². The molecule has 16 N–H and O–H groups in total. The number of hydrogen-bond acceptors (Lipinski definition) is 26. The molecule has 97 heavy (non-hydrogen) atoms. The van der Waals surface area contributed by atoms with Gasteiger partial charge in [0.1, 0.15) is 0 Å². The Morgan fingerprint density at radius 2 is 0.361 bits per heavy atom. The van der Waals surface area contributed by atoms with Gasteiger partial charge in [-0.15, -0.1) is 0 Å². The van der Waals surface area contributed by atoms with Crippen molar-refractivity contribution in [2.75, 3.05) is 0 Å². The van der Waals surface area contributed by atoms with Gasteiger partial charge in [0.25, 0.3) is 0 Å². The van der Waals surface area contributed by atoms with Gasteiger partial charge in [-0.2, -0.15) is 0 Å². The summed E-state index contributed by atoms with van der Waals surface area (Å²) in [5.74, 6) is 3.79. The van der Waals surface area contributed by atoms with E-state index in [9.17, 15) is 42.8 Å². The molecule has 0 aromatic heterocycles. The number of halogens is 2. The van der Waals surface area contributed by atoms with Gasteiger partial charge in [0.05, 0.1) is 140 Å². The summed E-state index contributed by atoms with van der Waals surface area (Å²) < 4.78 is 129. The van der Waals surface area contributed by atoms with Gasteiger partial charge < -0.3 is 9.11 Å². The molecule has 33 heteroatoms. The van der Waals surface area contributed by atoms with Crippen LogP contribution in [0.25, 0.3) is 0 Å². The van der Waals surface area contributed by atoms with E-state index in [-0.39, 0.29) is 127 Å². The summed E-state index contributed by atoms with van der Waals surface area (Å²) in [5, 5.41) is 57.1. The van der Waals surface area contributed by atoms with E-state index in [0.717, 1.165) is 64.2 Å². The fourth-order valence-corrected chi connectivity index (χ4v) is 33.1. The van der Waals surface area contributed by atoms with Crippen LogP contribution in [-0.2, 0) is 54.8 Å². The average molecular weight is 1520 g/mol. The predicted octanol–water partition coefficient (Wildman–Crippen LogP) is 1.35. The van der Waals surface area contributed by atoms with Gasteiger partial charge in [-0.1, -0.05) is 77.0 Å². The third-order valence-electron chi connectivity index (χ3n) is 29.2. The smallest absolute Gasteiger partial charge is 0.748 e. The number of hydrogen-bond donors (Lipinski definition) is 16. The predicted molar refractivity (Wildman–Crippen MR) is 360 cm³/mol. The molecule has 36 atom stereocenters. The molecule has 0 aromatic carbocycles. The summed E-state index contributed by atoms with van der Waals surface area (Å²) in [4.78, 5) is 0. The summed E-state index contributed by atoms with van der Waals surface area (Å²) in [6.07, 6.45) is 28.8. The normalized spacial score (nSPS) is 53.2. The molecule has 552 valence electrons. The molecule has 10 aliphatic heterocycles. The summed E-state index contributed by atoms with van der Waals surface area (Å²) in [5.41, 5.74) is 0. The Morgan fingerprint density at radius 1 is 0.216 bits per heavy atom. The van der Waals surface area contributed by atoms with E-state index in [4.69, 9.17) is 21.4 Å². The van der Waals surface area contributed by atoms with Gasteiger partial charge in [0.15, 0.2) is 0 Å². The zero-order valence-corrected chi connectivity index (χ0v) is 61.1. The Hall–Kier alpha value is 0.154. The molecule has 8 saturated carbocycles. The van der Waals surface area contributed by atoms with E-state index in [0.29, 0.717) is 83.9 Å². The molecule has 0 aromatic rings. The molecular weight excluding hydrogens is 1410 g/mol. The maximum Gasteiger partial charge on any atom is 2.00 e. The van der Waals surface area contributed by atoms with Crippen LogP contribution in [0.3, 0.4) is 0 Å². The summed E-state index contributed by atoms with van der Waals surface area (Å²) in [6.45, 7) is 0. The Morgan fingerprint density at radius 3 is 0.505 bits per heavy atom. The SMILES string of the molecule is O=S(=O)([O-])C1CCC2C3NC4NC(NC5NC(NC6NC(NC(N3)C2C1S(=O)(=O)Cl)C1CCCCC61)C1CCCCC51)C1CCCCC41.O=S(=O)([O-])C1CCC2C3NC4NC(NC5NC(NC6NC(NC(N3)C2C1S(=O)(=O)Cl)C1CCCCC61)C1CCCCC51)C1CCCCC41.[Ni+2]. The van der Waals surface area contributed by atoms with Crippen molar-refractivity contribution in [3.63, 3.8) is 0 Å². The largest absolute Gasteiger partial charge is 2.00 e. The maximum absolute atomic E-state index is 13.3. The van der Waals surface area contributed by atoms with E-state index in [2.05, 4.69) is 85.1 Å². The minimum atomic E-state index is -4.90. The molecule has 0 amide bonds. The molecule has 18 aliphatic rings. The van der Waals surface area contributed by atoms with Crippen LogP contribution in [0.5, 0.6) is 0 Å². The maximum atomic E-state index is 13.3. The van der Waals surface area contributed by atoms with Gasteiger partial charge in [0.2, 0.25) is 18.1 Å². The fraction of sp³-hybridized carbons (Fsp3) is 1.00. The first-order valence-electron chi connectivity index (χ1n) is 38.0. The molecule has 36 unspecified atom stereocenters. The minimum absolute atomic E-state index is 0. The first-order chi connectivity index (χ1) is 46.1. The number of rotatable bonds is 4. The molecule has 8 aliphatic carbocycles. The van der Waals surface area contributed by atoms with Crippen LogP contribution in [0.15, 0.2) is 0 Å². The van der Waals surface area contributed by atoms with Crippen molar-refractivity contribution < 1.29 is 59.3 Å². The molecule has 10 saturated heterocycles. The molecule has 26 nitrogen and oxygen atoms in total. The van der Waals surface area contributed by atoms with Gasteiger partial charge in [-0.05, 0) is 186 Å². The van der Waals surface area contributed by atoms with Gasteiger partial charge in [-0.25, -0.2) is 33.7 Å². The van der Waals surface area contributed by atoms with Crippen LogP contribution >= 0.6 is 21.4 Å². The number of nitrogens with one attached hydrogen (secondary N) is 16. The van der Waals surface area contributed by atoms with Gasteiger partial charge in [0, 0.05) is 33.2 Å². The summed E-state index contributed by atoms with van der Waals surface area (Å²) in [7, 11) is -6.34. The van der Waals surface area contributed by atoms with E-state index >= 15 is 0 Å². The van der Waals surface area contributed by atoms with Crippen molar-refractivity contribution in [2.45, 2.75) is 299 Å². The van der Waals surface area contributed by atoms with E-state index in [1.807, 2.05) is 0 Å². The van der Waals surface area contributed by atoms with Gasteiger partial charge >= 0.3 is 16.5 Å². The Balaban J connectivity index is 0.000000151. The van der Waals surface area contributed by atoms with Crippen LogP contribution in [0.4, 0.5) is 0 Å². The van der Waals surface area contributed by atoms with E-state index in [1.165, 1.54) is 89.9 Å². The molecule has 0 radical (unpaired) electrons. The Labute approximate surface area is 594 Å². The second-order valence-corrected chi connectivity index (χ2v) is 42.3. The van der Waals surface area contributed by atoms with Crippen LogP contribution in [0.2, 0.25) is 0 Å². The standard InChI is InChI=1S/2C32H55ClN8O5S2.Ni/c2*33-47(42,43)24-22(48(44,45)46)14-13-21-23(24)32-40-30-20-12-6-5-11-19(20)28(38-30)36-26-16-8-2-1-7-15(16)25(34-26)35-27-17-9-3-4-10-18(17)29(37-27)39-31(21)41-32;/h2*15-32,34-41H,1-14H2,(H,44,45,46);/q;;+2/p-2. The summed E-state index contributed by atoms with van der Waals surface area (Å²) >= 11 is 0. The summed E-state index contributed by atoms with van der Waals surface area (Å²) in [6, 6.07) is 0. The van der Waals surface area contributed by atoms with Crippen molar-refractivity contribution in [2.24, 2.45) is 94.7 Å². The zero-order chi connectivity index (χ0) is 65.9. The first-order valence-corrected chi connectivity index (χ1v) is 45.7. The molecule has 0 spiro atoms.